The normalized spacial score (nSPS) is 11.1. The van der Waals surface area contributed by atoms with E-state index in [9.17, 15) is 0 Å². The van der Waals surface area contributed by atoms with Gasteiger partial charge in [0.05, 0.1) is 0 Å². The second-order valence-electron chi connectivity index (χ2n) is 6.96. The van der Waals surface area contributed by atoms with E-state index in [2.05, 4.69) is 57.0 Å². The van der Waals surface area contributed by atoms with Gasteiger partial charge < -0.3 is 4.90 Å². The van der Waals surface area contributed by atoms with Crippen molar-refractivity contribution < 1.29 is 0 Å². The third-order valence-corrected chi connectivity index (χ3v) is 4.57. The average Bonchev–Trinajstić information content (AvgIpc) is 2.53. The standard InChI is InChI=1S/C21H37N/c1-5-6-7-8-9-10-11-12-15-18-22(4)21-17-14-13-16-20(21)19(2)3/h13-14,16-17,19H,5-12,15,18H2,1-4H3. The molecule has 0 fully saturated rings. The third-order valence-electron chi connectivity index (χ3n) is 4.57. The van der Waals surface area contributed by atoms with Crippen molar-refractivity contribution in [1.82, 2.24) is 0 Å². The first-order valence-corrected chi connectivity index (χ1v) is 9.46. The number of unbranched alkanes of at least 4 members (excludes halogenated alkanes) is 8. The molecule has 0 amide bonds. The summed E-state index contributed by atoms with van der Waals surface area (Å²) in [5, 5.41) is 0. The first kappa shape index (κ1) is 19.1. The maximum atomic E-state index is 2.44. The van der Waals surface area contributed by atoms with Gasteiger partial charge in [0.25, 0.3) is 0 Å². The lowest BCUT2D eigenvalue weighted by molar-refractivity contribution is 0.564. The minimum atomic E-state index is 0.599. The van der Waals surface area contributed by atoms with E-state index >= 15 is 0 Å². The summed E-state index contributed by atoms with van der Waals surface area (Å²) in [7, 11) is 2.24. The van der Waals surface area contributed by atoms with Crippen LogP contribution in [0.25, 0.3) is 0 Å². The van der Waals surface area contributed by atoms with Gasteiger partial charge in [0.15, 0.2) is 0 Å². The monoisotopic (exact) mass is 303 g/mol. The van der Waals surface area contributed by atoms with Gasteiger partial charge in [-0.05, 0) is 24.0 Å². The average molecular weight is 304 g/mol. The Kier molecular flexibility index (Phi) is 10.0. The Morgan fingerprint density at radius 1 is 0.818 bits per heavy atom. The van der Waals surface area contributed by atoms with Crippen molar-refractivity contribution in [3.63, 3.8) is 0 Å². The molecular weight excluding hydrogens is 266 g/mol. The second kappa shape index (κ2) is 11.6. The topological polar surface area (TPSA) is 3.24 Å². The lowest BCUT2D eigenvalue weighted by Gasteiger charge is -2.24. The highest BCUT2D eigenvalue weighted by Crippen LogP contribution is 2.26. The molecule has 0 spiro atoms. The zero-order valence-corrected chi connectivity index (χ0v) is 15.4. The smallest absolute Gasteiger partial charge is 0.0398 e. The van der Waals surface area contributed by atoms with E-state index < -0.39 is 0 Å². The summed E-state index contributed by atoms with van der Waals surface area (Å²) in [4.78, 5) is 2.44. The van der Waals surface area contributed by atoms with Gasteiger partial charge in [-0.1, -0.05) is 90.3 Å². The second-order valence-corrected chi connectivity index (χ2v) is 6.96. The molecule has 22 heavy (non-hydrogen) atoms. The highest BCUT2D eigenvalue weighted by atomic mass is 15.1. The Bertz CT molecular complexity index is 383. The zero-order valence-electron chi connectivity index (χ0n) is 15.4. The van der Waals surface area contributed by atoms with Gasteiger partial charge >= 0.3 is 0 Å². The van der Waals surface area contributed by atoms with Crippen molar-refractivity contribution in [1.29, 1.82) is 0 Å². The van der Waals surface area contributed by atoms with Crippen molar-refractivity contribution in [3.05, 3.63) is 29.8 Å². The Labute approximate surface area is 139 Å². The van der Waals surface area contributed by atoms with Crippen LogP contribution in [0.3, 0.4) is 0 Å². The maximum Gasteiger partial charge on any atom is 0.0398 e. The van der Waals surface area contributed by atoms with Gasteiger partial charge in [0.2, 0.25) is 0 Å². The summed E-state index contributed by atoms with van der Waals surface area (Å²) < 4.78 is 0. The minimum Gasteiger partial charge on any atom is -0.374 e. The van der Waals surface area contributed by atoms with Crippen molar-refractivity contribution in [2.24, 2.45) is 0 Å². The number of nitrogens with zero attached hydrogens (tertiary/aromatic N) is 1. The molecule has 0 aliphatic carbocycles. The van der Waals surface area contributed by atoms with Crippen LogP contribution in [-0.2, 0) is 0 Å². The number of hydrogen-bond acceptors (Lipinski definition) is 1. The molecule has 0 aliphatic heterocycles. The maximum absolute atomic E-state index is 2.44. The number of anilines is 1. The fourth-order valence-corrected chi connectivity index (χ4v) is 3.10. The summed E-state index contributed by atoms with van der Waals surface area (Å²) in [6, 6.07) is 8.86. The van der Waals surface area contributed by atoms with Crippen LogP contribution in [0.15, 0.2) is 24.3 Å². The van der Waals surface area contributed by atoms with Crippen LogP contribution in [0.5, 0.6) is 0 Å². The lowest BCUT2D eigenvalue weighted by Crippen LogP contribution is -2.20. The van der Waals surface area contributed by atoms with E-state index in [1.807, 2.05) is 0 Å². The number of hydrogen-bond donors (Lipinski definition) is 0. The summed E-state index contributed by atoms with van der Waals surface area (Å²) in [5.74, 6) is 0.599. The van der Waals surface area contributed by atoms with E-state index in [1.54, 1.807) is 0 Å². The molecule has 0 saturated heterocycles. The van der Waals surface area contributed by atoms with Gasteiger partial charge in [0.1, 0.15) is 0 Å². The molecule has 1 heteroatoms. The molecule has 0 N–H and O–H groups in total. The summed E-state index contributed by atoms with van der Waals surface area (Å²) in [5.41, 5.74) is 2.89. The van der Waals surface area contributed by atoms with E-state index in [0.29, 0.717) is 5.92 Å². The molecule has 0 heterocycles. The van der Waals surface area contributed by atoms with Crippen molar-refractivity contribution in [3.8, 4) is 0 Å². The Balaban J connectivity index is 2.17. The number of para-hydroxylation sites is 1. The molecular formula is C21H37N. The van der Waals surface area contributed by atoms with Crippen LogP contribution in [0.2, 0.25) is 0 Å². The molecule has 0 bridgehead atoms. The van der Waals surface area contributed by atoms with Gasteiger partial charge in [-0.3, -0.25) is 0 Å². The van der Waals surface area contributed by atoms with Crippen LogP contribution < -0.4 is 4.90 Å². The van der Waals surface area contributed by atoms with E-state index in [-0.39, 0.29) is 0 Å². The largest absolute Gasteiger partial charge is 0.374 e. The predicted molar refractivity (Wildman–Crippen MR) is 101 cm³/mol. The summed E-state index contributed by atoms with van der Waals surface area (Å²) in [6.45, 7) is 8.03. The molecule has 0 atom stereocenters. The van der Waals surface area contributed by atoms with Crippen molar-refractivity contribution >= 4 is 5.69 Å². The fourth-order valence-electron chi connectivity index (χ4n) is 3.10. The Morgan fingerprint density at radius 3 is 1.95 bits per heavy atom. The molecule has 0 aliphatic rings. The lowest BCUT2D eigenvalue weighted by atomic mass is 10.0. The quantitative estimate of drug-likeness (QED) is 0.385. The molecule has 1 aromatic carbocycles. The molecule has 126 valence electrons. The molecule has 1 nitrogen and oxygen atoms in total. The van der Waals surface area contributed by atoms with Crippen LogP contribution in [0.4, 0.5) is 5.69 Å². The van der Waals surface area contributed by atoms with Crippen molar-refractivity contribution in [2.45, 2.75) is 84.5 Å². The molecule has 0 unspecified atom stereocenters. The van der Waals surface area contributed by atoms with Gasteiger partial charge in [0, 0.05) is 19.3 Å². The van der Waals surface area contributed by atoms with Crippen LogP contribution >= 0.6 is 0 Å². The number of benzene rings is 1. The highest BCUT2D eigenvalue weighted by Gasteiger charge is 2.09. The molecule has 1 rings (SSSR count). The predicted octanol–water partition coefficient (Wildman–Crippen LogP) is 6.78. The van der Waals surface area contributed by atoms with Gasteiger partial charge in [-0.25, -0.2) is 0 Å². The SMILES string of the molecule is CCCCCCCCCCCN(C)c1ccccc1C(C)C. The zero-order chi connectivity index (χ0) is 16.2. The first-order valence-electron chi connectivity index (χ1n) is 9.46. The van der Waals surface area contributed by atoms with E-state index in [4.69, 9.17) is 0 Å². The van der Waals surface area contributed by atoms with Crippen molar-refractivity contribution in [2.75, 3.05) is 18.5 Å². The summed E-state index contributed by atoms with van der Waals surface area (Å²) in [6.07, 6.45) is 12.6. The number of rotatable bonds is 12. The Hall–Kier alpha value is -0.980. The highest BCUT2D eigenvalue weighted by molar-refractivity contribution is 5.54. The van der Waals surface area contributed by atoms with Crippen LogP contribution in [0, 0.1) is 0 Å². The molecule has 0 aromatic heterocycles. The molecule has 1 aromatic rings. The van der Waals surface area contributed by atoms with Crippen LogP contribution in [0.1, 0.15) is 90.0 Å². The minimum absolute atomic E-state index is 0.599. The van der Waals surface area contributed by atoms with Crippen LogP contribution in [-0.4, -0.2) is 13.6 Å². The summed E-state index contributed by atoms with van der Waals surface area (Å²) >= 11 is 0. The fraction of sp³-hybridized carbons (Fsp3) is 0.714. The van der Waals surface area contributed by atoms with Gasteiger partial charge in [-0.15, -0.1) is 0 Å². The van der Waals surface area contributed by atoms with Gasteiger partial charge in [-0.2, -0.15) is 0 Å². The van der Waals surface area contributed by atoms with E-state index in [1.165, 1.54) is 75.6 Å². The first-order chi connectivity index (χ1) is 10.7. The van der Waals surface area contributed by atoms with E-state index in [0.717, 1.165) is 0 Å². The molecule has 0 radical (unpaired) electrons. The third kappa shape index (κ3) is 7.33. The Morgan fingerprint density at radius 2 is 1.36 bits per heavy atom. The molecule has 0 saturated carbocycles.